The van der Waals surface area contributed by atoms with Crippen LogP contribution in [0, 0.1) is 12.7 Å². The first-order chi connectivity index (χ1) is 16.0. The number of halogens is 1. The number of hydrogen-bond acceptors (Lipinski definition) is 4. The quantitative estimate of drug-likeness (QED) is 0.604. The molecule has 1 aliphatic rings. The predicted molar refractivity (Wildman–Crippen MR) is 124 cm³/mol. The Bertz CT molecular complexity index is 1120. The minimum absolute atomic E-state index is 0.0402. The fourth-order valence-electron chi connectivity index (χ4n) is 4.10. The summed E-state index contributed by atoms with van der Waals surface area (Å²) < 4.78 is 13.1. The van der Waals surface area contributed by atoms with Crippen molar-refractivity contribution in [2.75, 3.05) is 18.4 Å². The number of benzene rings is 2. The lowest BCUT2D eigenvalue weighted by Gasteiger charge is -2.32. The number of likely N-dealkylation sites (tertiary alicyclic amines) is 1. The molecule has 3 aromatic rings. The Kier molecular flexibility index (Phi) is 7.07. The Labute approximate surface area is 192 Å². The average Bonchev–Trinajstić information content (AvgIpc) is 2.84. The number of nitrogens with one attached hydrogen (secondary N) is 1. The summed E-state index contributed by atoms with van der Waals surface area (Å²) in [7, 11) is 0. The van der Waals surface area contributed by atoms with Crippen molar-refractivity contribution >= 4 is 17.5 Å². The number of carbonyl (C=O) groups is 2. The molecule has 2 aromatic carbocycles. The maximum atomic E-state index is 13.1. The number of carbonyl (C=O) groups excluding carboxylic acids is 2. The van der Waals surface area contributed by atoms with Gasteiger partial charge in [-0.2, -0.15) is 0 Å². The van der Waals surface area contributed by atoms with E-state index in [-0.39, 0.29) is 23.5 Å². The van der Waals surface area contributed by atoms with Crippen LogP contribution in [0.2, 0.25) is 0 Å². The highest BCUT2D eigenvalue weighted by Crippen LogP contribution is 2.26. The van der Waals surface area contributed by atoms with Crippen LogP contribution in [-0.2, 0) is 11.2 Å². The largest absolute Gasteiger partial charge is 0.342 e. The van der Waals surface area contributed by atoms with Crippen molar-refractivity contribution in [3.05, 3.63) is 89.3 Å². The molecule has 4 rings (SSSR count). The van der Waals surface area contributed by atoms with Crippen LogP contribution in [0.15, 0.2) is 60.8 Å². The van der Waals surface area contributed by atoms with Crippen LogP contribution in [-0.4, -0.2) is 39.8 Å². The van der Waals surface area contributed by atoms with Gasteiger partial charge in [-0.1, -0.05) is 30.3 Å². The van der Waals surface area contributed by atoms with E-state index in [0.717, 1.165) is 24.9 Å². The third-order valence-corrected chi connectivity index (χ3v) is 5.95. The first-order valence-corrected chi connectivity index (χ1v) is 11.2. The third kappa shape index (κ3) is 5.80. The van der Waals surface area contributed by atoms with Gasteiger partial charge in [-0.25, -0.2) is 14.4 Å². The van der Waals surface area contributed by atoms with Gasteiger partial charge in [0.1, 0.15) is 11.6 Å². The lowest BCUT2D eigenvalue weighted by Crippen LogP contribution is -2.39. The van der Waals surface area contributed by atoms with E-state index in [0.29, 0.717) is 42.2 Å². The van der Waals surface area contributed by atoms with Gasteiger partial charge in [0.25, 0.3) is 5.91 Å². The van der Waals surface area contributed by atoms with E-state index in [1.54, 1.807) is 25.3 Å². The Hall–Kier alpha value is -3.61. The summed E-state index contributed by atoms with van der Waals surface area (Å²) in [5.74, 6) is 0.271. The Morgan fingerprint density at radius 2 is 1.88 bits per heavy atom. The highest BCUT2D eigenvalue weighted by atomic mass is 19.1. The summed E-state index contributed by atoms with van der Waals surface area (Å²) in [6.07, 6.45) is 4.32. The van der Waals surface area contributed by atoms with E-state index < -0.39 is 0 Å². The molecule has 1 aromatic heterocycles. The van der Waals surface area contributed by atoms with Crippen LogP contribution in [0.25, 0.3) is 0 Å². The molecule has 0 bridgehead atoms. The molecule has 2 amide bonds. The summed E-state index contributed by atoms with van der Waals surface area (Å²) >= 11 is 0. The zero-order valence-corrected chi connectivity index (χ0v) is 18.6. The van der Waals surface area contributed by atoms with Gasteiger partial charge >= 0.3 is 0 Å². The zero-order valence-electron chi connectivity index (χ0n) is 18.6. The minimum Gasteiger partial charge on any atom is -0.342 e. The summed E-state index contributed by atoms with van der Waals surface area (Å²) in [5, 5.41) is 2.86. The van der Waals surface area contributed by atoms with E-state index in [9.17, 15) is 14.0 Å². The molecule has 0 spiro atoms. The standard InChI is InChI=1S/C26H27FN4O2/c1-18-23(26(33)30-22-7-3-2-4-8-22)16-28-25(29-18)20-6-5-15-31(17-20)24(32)14-11-19-9-12-21(27)13-10-19/h2-4,7-10,12-13,16,20H,5-6,11,14-15,17H2,1H3,(H,30,33)/t20-/m0/s1. The number of aryl methyl sites for hydroxylation is 2. The predicted octanol–water partition coefficient (Wildman–Crippen LogP) is 4.52. The summed E-state index contributed by atoms with van der Waals surface area (Å²) in [4.78, 5) is 36.3. The van der Waals surface area contributed by atoms with Gasteiger partial charge in [-0.05, 0) is 56.0 Å². The fourth-order valence-corrected chi connectivity index (χ4v) is 4.10. The molecule has 1 fully saturated rings. The molecule has 33 heavy (non-hydrogen) atoms. The fraction of sp³-hybridized carbons (Fsp3) is 0.308. The van der Waals surface area contributed by atoms with Crippen molar-refractivity contribution in [1.82, 2.24) is 14.9 Å². The first kappa shape index (κ1) is 22.6. The molecular weight excluding hydrogens is 419 g/mol. The average molecular weight is 447 g/mol. The van der Waals surface area contributed by atoms with Crippen LogP contribution in [0.1, 0.15) is 52.6 Å². The van der Waals surface area contributed by atoms with Gasteiger partial charge in [-0.3, -0.25) is 9.59 Å². The van der Waals surface area contributed by atoms with Crippen LogP contribution in [0.4, 0.5) is 10.1 Å². The lowest BCUT2D eigenvalue weighted by atomic mass is 9.96. The Morgan fingerprint density at radius 1 is 1.12 bits per heavy atom. The lowest BCUT2D eigenvalue weighted by molar-refractivity contribution is -0.132. The van der Waals surface area contributed by atoms with Crippen LogP contribution < -0.4 is 5.32 Å². The smallest absolute Gasteiger partial charge is 0.259 e. The van der Waals surface area contributed by atoms with Gasteiger partial charge in [-0.15, -0.1) is 0 Å². The van der Waals surface area contributed by atoms with Crippen molar-refractivity contribution in [3.63, 3.8) is 0 Å². The van der Waals surface area contributed by atoms with Crippen molar-refractivity contribution in [2.45, 2.75) is 38.5 Å². The molecule has 170 valence electrons. The van der Waals surface area contributed by atoms with Crippen LogP contribution >= 0.6 is 0 Å². The zero-order chi connectivity index (χ0) is 23.2. The Balaban J connectivity index is 1.37. The molecular formula is C26H27FN4O2. The number of nitrogens with zero attached hydrogens (tertiary/aromatic N) is 3. The van der Waals surface area contributed by atoms with Gasteiger partial charge in [0.15, 0.2) is 0 Å². The van der Waals surface area contributed by atoms with Gasteiger partial charge in [0, 0.05) is 37.3 Å². The molecule has 0 unspecified atom stereocenters. The Morgan fingerprint density at radius 3 is 2.61 bits per heavy atom. The summed E-state index contributed by atoms with van der Waals surface area (Å²) in [6, 6.07) is 15.5. The third-order valence-electron chi connectivity index (χ3n) is 5.95. The summed E-state index contributed by atoms with van der Waals surface area (Å²) in [5.41, 5.74) is 2.72. The minimum atomic E-state index is -0.275. The van der Waals surface area contributed by atoms with Crippen LogP contribution in [0.5, 0.6) is 0 Å². The first-order valence-electron chi connectivity index (χ1n) is 11.2. The second-order valence-corrected chi connectivity index (χ2v) is 8.35. The monoisotopic (exact) mass is 446 g/mol. The SMILES string of the molecule is Cc1nc([C@H]2CCCN(C(=O)CCc3ccc(F)cc3)C2)ncc1C(=O)Nc1ccccc1. The van der Waals surface area contributed by atoms with E-state index >= 15 is 0 Å². The molecule has 1 aliphatic heterocycles. The van der Waals surface area contributed by atoms with E-state index in [4.69, 9.17) is 0 Å². The van der Waals surface area contributed by atoms with E-state index in [1.165, 1.54) is 12.1 Å². The van der Waals surface area contributed by atoms with Crippen molar-refractivity contribution in [2.24, 2.45) is 0 Å². The van der Waals surface area contributed by atoms with Gasteiger partial charge in [0.05, 0.1) is 11.3 Å². The van der Waals surface area contributed by atoms with Crippen molar-refractivity contribution in [1.29, 1.82) is 0 Å². The number of hydrogen-bond donors (Lipinski definition) is 1. The highest BCUT2D eigenvalue weighted by molar-refractivity contribution is 6.04. The van der Waals surface area contributed by atoms with Crippen molar-refractivity contribution < 1.29 is 14.0 Å². The number of piperidine rings is 1. The molecule has 0 radical (unpaired) electrons. The van der Waals surface area contributed by atoms with Crippen molar-refractivity contribution in [3.8, 4) is 0 Å². The van der Waals surface area contributed by atoms with Gasteiger partial charge < -0.3 is 10.2 Å². The topological polar surface area (TPSA) is 75.2 Å². The number of amides is 2. The summed E-state index contributed by atoms with van der Waals surface area (Å²) in [6.45, 7) is 3.09. The number of para-hydroxylation sites is 1. The maximum absolute atomic E-state index is 13.1. The number of aromatic nitrogens is 2. The molecule has 7 heteroatoms. The van der Waals surface area contributed by atoms with E-state index in [2.05, 4.69) is 15.3 Å². The molecule has 1 saturated heterocycles. The van der Waals surface area contributed by atoms with E-state index in [1.807, 2.05) is 35.2 Å². The number of anilines is 1. The highest BCUT2D eigenvalue weighted by Gasteiger charge is 2.27. The van der Waals surface area contributed by atoms with Gasteiger partial charge in [0.2, 0.25) is 5.91 Å². The molecule has 0 aliphatic carbocycles. The maximum Gasteiger partial charge on any atom is 0.259 e. The molecule has 1 N–H and O–H groups in total. The second kappa shape index (κ2) is 10.3. The molecule has 0 saturated carbocycles. The molecule has 6 nitrogen and oxygen atoms in total. The second-order valence-electron chi connectivity index (χ2n) is 8.35. The normalized spacial score (nSPS) is 15.8. The molecule has 2 heterocycles. The van der Waals surface area contributed by atoms with Crippen LogP contribution in [0.3, 0.4) is 0 Å². The molecule has 1 atom stereocenters. The number of rotatable bonds is 6.